The minimum atomic E-state index is -0.768. The van der Waals surface area contributed by atoms with Gasteiger partial charge in [0.2, 0.25) is 0 Å². The largest absolute Gasteiger partial charge is 0.385 e. The van der Waals surface area contributed by atoms with E-state index in [2.05, 4.69) is 6.07 Å². The van der Waals surface area contributed by atoms with Crippen LogP contribution in [0.4, 0.5) is 0 Å². The lowest BCUT2D eigenvalue weighted by molar-refractivity contribution is 0.0390. The Bertz CT molecular complexity index is 620. The van der Waals surface area contributed by atoms with Crippen molar-refractivity contribution in [2.24, 2.45) is 0 Å². The van der Waals surface area contributed by atoms with Gasteiger partial charge in [0, 0.05) is 11.4 Å². The first-order valence-corrected chi connectivity index (χ1v) is 7.02. The van der Waals surface area contributed by atoms with Gasteiger partial charge in [-0.1, -0.05) is 48.0 Å². The van der Waals surface area contributed by atoms with Gasteiger partial charge in [0.15, 0.2) is 0 Å². The second-order valence-corrected chi connectivity index (χ2v) is 5.87. The van der Waals surface area contributed by atoms with Crippen molar-refractivity contribution in [3.63, 3.8) is 0 Å². The topological polar surface area (TPSA) is 20.2 Å². The lowest BCUT2D eigenvalue weighted by Crippen LogP contribution is -2.25. The molecule has 0 fully saturated rings. The van der Waals surface area contributed by atoms with Gasteiger partial charge in [-0.3, -0.25) is 0 Å². The number of rotatable bonds is 2. The zero-order chi connectivity index (χ0) is 13.5. The molecule has 0 amide bonds. The third-order valence-electron chi connectivity index (χ3n) is 4.02. The Labute approximate surface area is 118 Å². The lowest BCUT2D eigenvalue weighted by Gasteiger charge is -2.24. The number of halogens is 1. The van der Waals surface area contributed by atoms with Crippen molar-refractivity contribution >= 4 is 11.6 Å². The molecule has 0 bridgehead atoms. The molecule has 0 aliphatic heterocycles. The lowest BCUT2D eigenvalue weighted by atomic mass is 9.88. The molecule has 1 atom stereocenters. The maximum atomic E-state index is 10.9. The van der Waals surface area contributed by atoms with Crippen molar-refractivity contribution in [3.8, 4) is 0 Å². The van der Waals surface area contributed by atoms with Crippen LogP contribution in [-0.2, 0) is 18.4 Å². The highest BCUT2D eigenvalue weighted by Crippen LogP contribution is 2.40. The van der Waals surface area contributed by atoms with Crippen molar-refractivity contribution in [1.82, 2.24) is 0 Å². The summed E-state index contributed by atoms with van der Waals surface area (Å²) in [6, 6.07) is 14.2. The molecule has 1 unspecified atom stereocenters. The van der Waals surface area contributed by atoms with Gasteiger partial charge in [-0.25, -0.2) is 0 Å². The smallest absolute Gasteiger partial charge is 0.0943 e. The van der Waals surface area contributed by atoms with Crippen LogP contribution < -0.4 is 0 Å². The van der Waals surface area contributed by atoms with Gasteiger partial charge < -0.3 is 5.11 Å². The highest BCUT2D eigenvalue weighted by molar-refractivity contribution is 6.31. The summed E-state index contributed by atoms with van der Waals surface area (Å²) in [6.45, 7) is 2.02. The summed E-state index contributed by atoms with van der Waals surface area (Å²) in [7, 11) is 0. The van der Waals surface area contributed by atoms with Crippen LogP contribution in [0.5, 0.6) is 0 Å². The molecule has 0 saturated heterocycles. The molecular formula is C17H17ClO. The Morgan fingerprint density at radius 2 is 2.00 bits per heavy atom. The zero-order valence-electron chi connectivity index (χ0n) is 11.0. The number of fused-ring (bicyclic) bond motifs is 1. The molecule has 2 aromatic carbocycles. The highest BCUT2D eigenvalue weighted by Gasteiger charge is 2.36. The molecule has 0 saturated carbocycles. The van der Waals surface area contributed by atoms with Crippen LogP contribution in [0.2, 0.25) is 5.02 Å². The summed E-state index contributed by atoms with van der Waals surface area (Å²) in [5.74, 6) is 0. The Hall–Kier alpha value is -1.31. The predicted molar refractivity (Wildman–Crippen MR) is 78.6 cm³/mol. The van der Waals surface area contributed by atoms with E-state index in [0.717, 1.165) is 34.6 Å². The first kappa shape index (κ1) is 12.7. The first-order chi connectivity index (χ1) is 9.08. The van der Waals surface area contributed by atoms with Gasteiger partial charge in [0.1, 0.15) is 0 Å². The molecule has 19 heavy (non-hydrogen) atoms. The maximum absolute atomic E-state index is 10.9. The number of benzene rings is 2. The maximum Gasteiger partial charge on any atom is 0.0943 e. The van der Waals surface area contributed by atoms with Crippen LogP contribution in [0.1, 0.15) is 28.7 Å². The summed E-state index contributed by atoms with van der Waals surface area (Å²) >= 11 is 6.29. The number of hydrogen-bond donors (Lipinski definition) is 1. The van der Waals surface area contributed by atoms with Crippen molar-refractivity contribution in [1.29, 1.82) is 0 Å². The third kappa shape index (κ3) is 2.29. The van der Waals surface area contributed by atoms with E-state index in [1.807, 2.05) is 43.3 Å². The SMILES string of the molecule is Cc1ccc(CC2(O)CCc3ccccc32)c(Cl)c1. The van der Waals surface area contributed by atoms with E-state index in [-0.39, 0.29) is 0 Å². The van der Waals surface area contributed by atoms with Gasteiger partial charge in [-0.05, 0) is 48.1 Å². The average molecular weight is 273 g/mol. The van der Waals surface area contributed by atoms with Crippen molar-refractivity contribution < 1.29 is 5.11 Å². The van der Waals surface area contributed by atoms with Gasteiger partial charge >= 0.3 is 0 Å². The highest BCUT2D eigenvalue weighted by atomic mass is 35.5. The fourth-order valence-corrected chi connectivity index (χ4v) is 3.26. The molecule has 1 N–H and O–H groups in total. The summed E-state index contributed by atoms with van der Waals surface area (Å²) < 4.78 is 0. The summed E-state index contributed by atoms with van der Waals surface area (Å²) in [5.41, 5.74) is 3.72. The van der Waals surface area contributed by atoms with Gasteiger partial charge in [0.05, 0.1) is 5.60 Å². The average Bonchev–Trinajstić information content (AvgIpc) is 2.72. The van der Waals surface area contributed by atoms with Crippen molar-refractivity contribution in [2.45, 2.75) is 31.8 Å². The quantitative estimate of drug-likeness (QED) is 0.875. The van der Waals surface area contributed by atoms with E-state index in [0.29, 0.717) is 6.42 Å². The monoisotopic (exact) mass is 272 g/mol. The second-order valence-electron chi connectivity index (χ2n) is 5.46. The van der Waals surface area contributed by atoms with Crippen LogP contribution in [-0.4, -0.2) is 5.11 Å². The summed E-state index contributed by atoms with van der Waals surface area (Å²) in [5, 5.41) is 11.7. The molecule has 2 heteroatoms. The van der Waals surface area contributed by atoms with Crippen molar-refractivity contribution in [3.05, 3.63) is 69.7 Å². The molecule has 0 aromatic heterocycles. The Balaban J connectivity index is 1.95. The second kappa shape index (κ2) is 4.66. The van der Waals surface area contributed by atoms with E-state index >= 15 is 0 Å². The van der Waals surface area contributed by atoms with Crippen LogP contribution in [0, 0.1) is 6.92 Å². The van der Waals surface area contributed by atoms with Gasteiger partial charge in [0.25, 0.3) is 0 Å². The molecule has 0 radical (unpaired) electrons. The molecule has 0 heterocycles. The molecule has 1 aliphatic carbocycles. The fourth-order valence-electron chi connectivity index (χ4n) is 2.96. The first-order valence-electron chi connectivity index (χ1n) is 6.64. The van der Waals surface area contributed by atoms with Crippen LogP contribution >= 0.6 is 11.6 Å². The Morgan fingerprint density at radius 3 is 2.79 bits per heavy atom. The summed E-state index contributed by atoms with van der Waals surface area (Å²) in [6.07, 6.45) is 2.30. The number of hydrogen-bond acceptors (Lipinski definition) is 1. The fraction of sp³-hybridized carbons (Fsp3) is 0.294. The van der Waals surface area contributed by atoms with Crippen LogP contribution in [0.25, 0.3) is 0 Å². The molecule has 2 aromatic rings. The Morgan fingerprint density at radius 1 is 1.21 bits per heavy atom. The van der Waals surface area contributed by atoms with E-state index in [1.54, 1.807) is 0 Å². The molecule has 0 spiro atoms. The van der Waals surface area contributed by atoms with Crippen LogP contribution in [0.3, 0.4) is 0 Å². The number of aliphatic hydroxyl groups is 1. The zero-order valence-corrected chi connectivity index (χ0v) is 11.7. The van der Waals surface area contributed by atoms with E-state index in [1.165, 1.54) is 5.56 Å². The minimum Gasteiger partial charge on any atom is -0.385 e. The van der Waals surface area contributed by atoms with E-state index in [9.17, 15) is 5.11 Å². The molecule has 98 valence electrons. The summed E-state index contributed by atoms with van der Waals surface area (Å²) in [4.78, 5) is 0. The predicted octanol–water partition coefficient (Wildman–Crippen LogP) is 4.02. The normalized spacial score (nSPS) is 21.4. The van der Waals surface area contributed by atoms with E-state index in [4.69, 9.17) is 11.6 Å². The van der Waals surface area contributed by atoms with Gasteiger partial charge in [-0.2, -0.15) is 0 Å². The molecule has 1 nitrogen and oxygen atoms in total. The Kier molecular flexibility index (Phi) is 3.12. The molecule has 1 aliphatic rings. The minimum absolute atomic E-state index is 0.586. The molecule has 3 rings (SSSR count). The molecular weight excluding hydrogens is 256 g/mol. The van der Waals surface area contributed by atoms with E-state index < -0.39 is 5.60 Å². The third-order valence-corrected chi connectivity index (χ3v) is 4.37. The van der Waals surface area contributed by atoms with Crippen molar-refractivity contribution in [2.75, 3.05) is 0 Å². The standard InChI is InChI=1S/C17H17ClO/c1-12-6-7-14(16(18)10-12)11-17(19)9-8-13-4-2-3-5-15(13)17/h2-7,10,19H,8-9,11H2,1H3. The number of aryl methyl sites for hydroxylation is 2. The van der Waals surface area contributed by atoms with Crippen LogP contribution in [0.15, 0.2) is 42.5 Å². The van der Waals surface area contributed by atoms with Gasteiger partial charge in [-0.15, -0.1) is 0 Å².